The molecule has 8 heteroatoms. The number of hydrogen-bond donors (Lipinski definition) is 1. The molecule has 1 amide bonds. The number of anilines is 1. The molecule has 0 aliphatic carbocycles. The molecule has 0 saturated carbocycles. The average molecular weight is 391 g/mol. The number of carbonyl (C=O) groups is 1. The molecule has 0 spiro atoms. The SMILES string of the molecule is CCCc1cnccc1NC(=O)c1ccc(-c2noc(C(C)(F)F)c2C)s1. The molecule has 142 valence electrons. The second-order valence-electron chi connectivity index (χ2n) is 6.27. The summed E-state index contributed by atoms with van der Waals surface area (Å²) >= 11 is 1.18. The molecule has 0 saturated heterocycles. The Morgan fingerprint density at radius 1 is 1.33 bits per heavy atom. The van der Waals surface area contributed by atoms with E-state index in [1.807, 2.05) is 0 Å². The summed E-state index contributed by atoms with van der Waals surface area (Å²) in [4.78, 5) is 17.7. The molecular weight excluding hydrogens is 372 g/mol. The Labute approximate surface area is 159 Å². The fourth-order valence-electron chi connectivity index (χ4n) is 2.76. The molecular formula is C19H19F2N3O2S. The summed E-state index contributed by atoms with van der Waals surface area (Å²) in [6, 6.07) is 5.09. The van der Waals surface area contributed by atoms with Crippen LogP contribution in [0.1, 0.15) is 46.8 Å². The normalized spacial score (nSPS) is 11.6. The van der Waals surface area contributed by atoms with Gasteiger partial charge in [0, 0.05) is 30.6 Å². The van der Waals surface area contributed by atoms with Gasteiger partial charge in [0.1, 0.15) is 5.69 Å². The summed E-state index contributed by atoms with van der Waals surface area (Å²) in [7, 11) is 0. The number of nitrogens with one attached hydrogen (secondary N) is 1. The van der Waals surface area contributed by atoms with E-state index in [1.54, 1.807) is 30.6 Å². The van der Waals surface area contributed by atoms with Crippen LogP contribution in [0.4, 0.5) is 14.5 Å². The van der Waals surface area contributed by atoms with Crippen LogP contribution < -0.4 is 5.32 Å². The van der Waals surface area contributed by atoms with E-state index in [1.165, 1.54) is 18.3 Å². The maximum atomic E-state index is 13.5. The smallest absolute Gasteiger partial charge is 0.304 e. The molecule has 0 aliphatic heterocycles. The van der Waals surface area contributed by atoms with Crippen molar-refractivity contribution in [1.29, 1.82) is 0 Å². The van der Waals surface area contributed by atoms with Gasteiger partial charge in [-0.3, -0.25) is 9.78 Å². The fraction of sp³-hybridized carbons (Fsp3) is 0.316. The highest BCUT2D eigenvalue weighted by atomic mass is 32.1. The van der Waals surface area contributed by atoms with Crippen LogP contribution in [0.15, 0.2) is 35.1 Å². The van der Waals surface area contributed by atoms with Crippen LogP contribution >= 0.6 is 11.3 Å². The molecule has 3 rings (SSSR count). The number of aromatic nitrogens is 2. The van der Waals surface area contributed by atoms with Gasteiger partial charge < -0.3 is 9.84 Å². The van der Waals surface area contributed by atoms with E-state index in [9.17, 15) is 13.6 Å². The monoisotopic (exact) mass is 391 g/mol. The fourth-order valence-corrected chi connectivity index (χ4v) is 3.70. The van der Waals surface area contributed by atoms with Gasteiger partial charge in [-0.2, -0.15) is 8.78 Å². The van der Waals surface area contributed by atoms with Crippen LogP contribution in [0.2, 0.25) is 0 Å². The predicted molar refractivity (Wildman–Crippen MR) is 100 cm³/mol. The number of thiophene rings is 1. The number of aryl methyl sites for hydroxylation is 1. The number of pyridine rings is 1. The standard InChI is InChI=1S/C19H19F2N3O2S/c1-4-5-12-10-22-9-8-13(12)23-18(25)15-7-6-14(27-15)16-11(2)17(26-24-16)19(3,20)21/h6-10H,4-5H2,1-3H3,(H,22,23,25). The lowest BCUT2D eigenvalue weighted by molar-refractivity contribution is -0.0112. The molecule has 3 aromatic rings. The first kappa shape index (κ1) is 19.2. The van der Waals surface area contributed by atoms with Gasteiger partial charge in [0.15, 0.2) is 0 Å². The van der Waals surface area contributed by atoms with E-state index < -0.39 is 11.7 Å². The van der Waals surface area contributed by atoms with Crippen molar-refractivity contribution in [3.63, 3.8) is 0 Å². The number of carbonyl (C=O) groups excluding carboxylic acids is 1. The molecule has 0 radical (unpaired) electrons. The van der Waals surface area contributed by atoms with Gasteiger partial charge in [-0.15, -0.1) is 11.3 Å². The molecule has 1 N–H and O–H groups in total. The van der Waals surface area contributed by atoms with Gasteiger partial charge in [-0.05, 0) is 37.1 Å². The van der Waals surface area contributed by atoms with Crippen molar-refractivity contribution in [3.05, 3.63) is 52.4 Å². The van der Waals surface area contributed by atoms with Crippen LogP contribution in [-0.2, 0) is 12.3 Å². The van der Waals surface area contributed by atoms with Crippen molar-refractivity contribution in [3.8, 4) is 10.6 Å². The van der Waals surface area contributed by atoms with Crippen LogP contribution in [0, 0.1) is 6.92 Å². The lowest BCUT2D eigenvalue weighted by Gasteiger charge is -2.08. The number of hydrogen-bond acceptors (Lipinski definition) is 5. The molecule has 0 aliphatic rings. The third kappa shape index (κ3) is 4.05. The number of alkyl halides is 2. The first-order valence-electron chi connectivity index (χ1n) is 8.50. The van der Waals surface area contributed by atoms with E-state index in [4.69, 9.17) is 4.52 Å². The second-order valence-corrected chi connectivity index (χ2v) is 7.36. The van der Waals surface area contributed by atoms with Crippen molar-refractivity contribution < 1.29 is 18.1 Å². The Bertz CT molecular complexity index is 960. The van der Waals surface area contributed by atoms with E-state index in [0.29, 0.717) is 15.4 Å². The Kier molecular flexibility index (Phi) is 5.36. The van der Waals surface area contributed by atoms with Crippen LogP contribution in [0.25, 0.3) is 10.6 Å². The summed E-state index contributed by atoms with van der Waals surface area (Å²) in [6.45, 7) is 4.35. The molecule has 0 bridgehead atoms. The van der Waals surface area contributed by atoms with Gasteiger partial charge in [-0.1, -0.05) is 18.5 Å². The minimum Gasteiger partial charge on any atom is -0.354 e. The Morgan fingerprint density at radius 3 is 2.78 bits per heavy atom. The zero-order chi connectivity index (χ0) is 19.6. The summed E-state index contributed by atoms with van der Waals surface area (Å²) in [6.07, 6.45) is 5.11. The van der Waals surface area contributed by atoms with Gasteiger partial charge in [0.05, 0.1) is 9.75 Å². The quantitative estimate of drug-likeness (QED) is 0.609. The van der Waals surface area contributed by atoms with E-state index in [-0.39, 0.29) is 11.5 Å². The number of rotatable bonds is 6. The topological polar surface area (TPSA) is 68.0 Å². The molecule has 0 aromatic carbocycles. The van der Waals surface area contributed by atoms with Crippen LogP contribution in [0.3, 0.4) is 0 Å². The number of halogens is 2. The second kappa shape index (κ2) is 7.56. The highest BCUT2D eigenvalue weighted by molar-refractivity contribution is 7.17. The largest absolute Gasteiger partial charge is 0.354 e. The van der Waals surface area contributed by atoms with Gasteiger partial charge in [0.25, 0.3) is 5.91 Å². The van der Waals surface area contributed by atoms with E-state index >= 15 is 0 Å². The lowest BCUT2D eigenvalue weighted by atomic mass is 10.1. The summed E-state index contributed by atoms with van der Waals surface area (Å²) in [5, 5.41) is 6.65. The van der Waals surface area contributed by atoms with Crippen LogP contribution in [-0.4, -0.2) is 16.0 Å². The first-order chi connectivity index (χ1) is 12.8. The van der Waals surface area contributed by atoms with E-state index in [0.717, 1.165) is 31.0 Å². The lowest BCUT2D eigenvalue weighted by Crippen LogP contribution is -2.12. The predicted octanol–water partition coefficient (Wildman–Crippen LogP) is 5.42. The van der Waals surface area contributed by atoms with Gasteiger partial charge in [-0.25, -0.2) is 0 Å². The molecule has 0 atom stereocenters. The molecule has 3 aromatic heterocycles. The molecule has 5 nitrogen and oxygen atoms in total. The first-order valence-corrected chi connectivity index (χ1v) is 9.32. The van der Waals surface area contributed by atoms with Crippen molar-refractivity contribution >= 4 is 22.9 Å². The van der Waals surface area contributed by atoms with Gasteiger partial charge >= 0.3 is 5.92 Å². The molecule has 0 fully saturated rings. The minimum atomic E-state index is -3.11. The summed E-state index contributed by atoms with van der Waals surface area (Å²) in [5.74, 6) is -3.83. The van der Waals surface area contributed by atoms with Crippen LogP contribution in [0.5, 0.6) is 0 Å². The maximum Gasteiger partial charge on any atom is 0.304 e. The summed E-state index contributed by atoms with van der Waals surface area (Å²) < 4.78 is 31.9. The molecule has 0 unspecified atom stereocenters. The van der Waals surface area contributed by atoms with Crippen molar-refractivity contribution in [1.82, 2.24) is 10.1 Å². The summed E-state index contributed by atoms with van der Waals surface area (Å²) in [5.41, 5.74) is 2.28. The third-order valence-electron chi connectivity index (χ3n) is 4.06. The maximum absolute atomic E-state index is 13.5. The van der Waals surface area contributed by atoms with Crippen molar-refractivity contribution in [2.24, 2.45) is 0 Å². The third-order valence-corrected chi connectivity index (χ3v) is 5.15. The Balaban J connectivity index is 1.82. The average Bonchev–Trinajstić information content (AvgIpc) is 3.23. The highest BCUT2D eigenvalue weighted by Gasteiger charge is 2.33. The number of amides is 1. The highest BCUT2D eigenvalue weighted by Crippen LogP contribution is 2.37. The molecule has 27 heavy (non-hydrogen) atoms. The zero-order valence-electron chi connectivity index (χ0n) is 15.2. The minimum absolute atomic E-state index is 0.267. The molecule has 3 heterocycles. The zero-order valence-corrected chi connectivity index (χ0v) is 16.0. The van der Waals surface area contributed by atoms with Gasteiger partial charge in [0.2, 0.25) is 5.76 Å². The Hall–Kier alpha value is -2.61. The number of nitrogens with zero attached hydrogens (tertiary/aromatic N) is 2. The van der Waals surface area contributed by atoms with Crippen molar-refractivity contribution in [2.75, 3.05) is 5.32 Å². The van der Waals surface area contributed by atoms with Crippen molar-refractivity contribution in [2.45, 2.75) is 39.5 Å². The van der Waals surface area contributed by atoms with E-state index in [2.05, 4.69) is 22.4 Å². The Morgan fingerprint density at radius 2 is 2.11 bits per heavy atom.